The second-order valence-electron chi connectivity index (χ2n) is 6.58. The monoisotopic (exact) mass is 444 g/mol. The van der Waals surface area contributed by atoms with Crippen molar-refractivity contribution in [2.24, 2.45) is 10.9 Å². The minimum Gasteiger partial charge on any atom is -0.477 e. The summed E-state index contributed by atoms with van der Waals surface area (Å²) < 4.78 is 5.74. The topological polar surface area (TPSA) is 58.5 Å². The van der Waals surface area contributed by atoms with Gasteiger partial charge in [0, 0.05) is 24.8 Å². The first-order valence-corrected chi connectivity index (χ1v) is 8.96. The number of nitrogens with zero attached hydrogens (tertiary/aromatic N) is 2. The van der Waals surface area contributed by atoms with Gasteiger partial charge in [-0.2, -0.15) is 0 Å². The van der Waals surface area contributed by atoms with E-state index in [1.165, 1.54) is 38.5 Å². The van der Waals surface area contributed by atoms with Crippen molar-refractivity contribution in [3.63, 3.8) is 0 Å². The Labute approximate surface area is 162 Å². The van der Waals surface area contributed by atoms with Gasteiger partial charge in [-0.1, -0.05) is 12.8 Å². The summed E-state index contributed by atoms with van der Waals surface area (Å²) in [5.41, 5.74) is 1.13. The molecular weight excluding hydrogens is 415 g/mol. The van der Waals surface area contributed by atoms with Gasteiger partial charge in [-0.25, -0.2) is 9.98 Å². The van der Waals surface area contributed by atoms with Crippen LogP contribution < -0.4 is 15.4 Å². The Balaban J connectivity index is 0.00000208. The molecule has 2 aliphatic rings. The lowest BCUT2D eigenvalue weighted by atomic mass is 10.2. The Hall–Kier alpha value is -1.05. The molecule has 134 valence electrons. The van der Waals surface area contributed by atoms with E-state index in [0.29, 0.717) is 12.6 Å². The molecule has 2 saturated carbocycles. The van der Waals surface area contributed by atoms with Gasteiger partial charge in [0.05, 0.1) is 13.2 Å². The van der Waals surface area contributed by atoms with E-state index in [-0.39, 0.29) is 24.0 Å². The minimum atomic E-state index is 0. The molecular formula is C18H29IN4O. The highest BCUT2D eigenvalue weighted by Crippen LogP contribution is 2.29. The fourth-order valence-electron chi connectivity index (χ4n) is 2.87. The molecule has 2 fully saturated rings. The first kappa shape index (κ1) is 19.3. The summed E-state index contributed by atoms with van der Waals surface area (Å²) in [6.45, 7) is 4.42. The van der Waals surface area contributed by atoms with Gasteiger partial charge in [-0.05, 0) is 50.2 Å². The van der Waals surface area contributed by atoms with Crippen molar-refractivity contribution in [2.45, 2.75) is 58.0 Å². The van der Waals surface area contributed by atoms with Crippen LogP contribution in [0.4, 0.5) is 0 Å². The van der Waals surface area contributed by atoms with Crippen LogP contribution in [0.25, 0.3) is 0 Å². The van der Waals surface area contributed by atoms with E-state index in [4.69, 9.17) is 9.73 Å². The lowest BCUT2D eigenvalue weighted by Crippen LogP contribution is -2.42. The van der Waals surface area contributed by atoms with Crippen molar-refractivity contribution in [3.8, 4) is 5.88 Å². The van der Waals surface area contributed by atoms with Crippen molar-refractivity contribution in [1.82, 2.24) is 15.6 Å². The molecule has 6 heteroatoms. The number of guanidine groups is 1. The zero-order chi connectivity index (χ0) is 15.9. The lowest BCUT2D eigenvalue weighted by Gasteiger charge is -2.16. The number of aromatic nitrogens is 1. The van der Waals surface area contributed by atoms with Crippen LogP contribution in [-0.2, 0) is 6.54 Å². The molecule has 3 rings (SSSR count). The number of halogens is 1. The molecule has 1 heterocycles. The van der Waals surface area contributed by atoms with E-state index in [9.17, 15) is 0 Å². The van der Waals surface area contributed by atoms with Crippen molar-refractivity contribution >= 4 is 29.9 Å². The average Bonchev–Trinajstić information content (AvgIpc) is 3.26. The highest BCUT2D eigenvalue weighted by Gasteiger charge is 2.22. The van der Waals surface area contributed by atoms with Crippen LogP contribution in [0.5, 0.6) is 5.88 Å². The van der Waals surface area contributed by atoms with Crippen LogP contribution in [0, 0.1) is 5.92 Å². The number of ether oxygens (including phenoxy) is 1. The number of hydrogen-bond donors (Lipinski definition) is 2. The molecule has 0 atom stereocenters. The van der Waals surface area contributed by atoms with E-state index < -0.39 is 0 Å². The third-order valence-electron chi connectivity index (χ3n) is 4.42. The van der Waals surface area contributed by atoms with E-state index in [1.807, 2.05) is 18.3 Å². The summed E-state index contributed by atoms with van der Waals surface area (Å²) in [7, 11) is 0. The first-order chi connectivity index (χ1) is 11.3. The summed E-state index contributed by atoms with van der Waals surface area (Å²) >= 11 is 0. The smallest absolute Gasteiger partial charge is 0.213 e. The average molecular weight is 444 g/mol. The molecule has 0 unspecified atom stereocenters. The standard InChI is InChI=1S/C18H28N4O.HI/c1-2-19-18(22-16-5-3-4-6-16)21-12-15-9-10-20-17(11-15)23-13-14-7-8-14;/h9-11,14,16H,2-8,12-13H2,1H3,(H2,19,21,22);1H. The molecule has 0 spiro atoms. The molecule has 2 aliphatic carbocycles. The Morgan fingerprint density at radius 2 is 2.08 bits per heavy atom. The van der Waals surface area contributed by atoms with Gasteiger partial charge in [-0.15, -0.1) is 24.0 Å². The van der Waals surface area contributed by atoms with Gasteiger partial charge in [0.2, 0.25) is 5.88 Å². The molecule has 5 nitrogen and oxygen atoms in total. The SMILES string of the molecule is CCNC(=NCc1ccnc(OCC2CC2)c1)NC1CCCC1.I. The largest absolute Gasteiger partial charge is 0.477 e. The van der Waals surface area contributed by atoms with Crippen LogP contribution in [0.15, 0.2) is 23.3 Å². The zero-order valence-electron chi connectivity index (χ0n) is 14.5. The summed E-state index contributed by atoms with van der Waals surface area (Å²) in [5, 5.41) is 6.88. The van der Waals surface area contributed by atoms with Crippen LogP contribution in [0.2, 0.25) is 0 Å². The highest BCUT2D eigenvalue weighted by atomic mass is 127. The van der Waals surface area contributed by atoms with Gasteiger partial charge in [-0.3, -0.25) is 0 Å². The highest BCUT2D eigenvalue weighted by molar-refractivity contribution is 14.0. The van der Waals surface area contributed by atoms with Crippen LogP contribution in [0.3, 0.4) is 0 Å². The van der Waals surface area contributed by atoms with Crippen LogP contribution in [-0.4, -0.2) is 30.1 Å². The van der Waals surface area contributed by atoms with E-state index in [0.717, 1.165) is 36.5 Å². The summed E-state index contributed by atoms with van der Waals surface area (Å²) in [5.74, 6) is 2.38. The maximum Gasteiger partial charge on any atom is 0.213 e. The normalized spacial score (nSPS) is 18.1. The molecule has 24 heavy (non-hydrogen) atoms. The van der Waals surface area contributed by atoms with E-state index in [1.54, 1.807) is 0 Å². The van der Waals surface area contributed by atoms with Gasteiger partial charge in [0.15, 0.2) is 5.96 Å². The Kier molecular flexibility index (Phi) is 8.08. The Morgan fingerprint density at radius 3 is 2.79 bits per heavy atom. The molecule has 2 N–H and O–H groups in total. The third kappa shape index (κ3) is 6.45. The number of rotatable bonds is 7. The van der Waals surface area contributed by atoms with Crippen LogP contribution in [0.1, 0.15) is 51.0 Å². The molecule has 1 aromatic heterocycles. The molecule has 1 aromatic rings. The van der Waals surface area contributed by atoms with E-state index >= 15 is 0 Å². The molecule has 0 aliphatic heterocycles. The van der Waals surface area contributed by atoms with Gasteiger partial charge in [0.25, 0.3) is 0 Å². The van der Waals surface area contributed by atoms with E-state index in [2.05, 4.69) is 22.5 Å². The van der Waals surface area contributed by atoms with Crippen molar-refractivity contribution < 1.29 is 4.74 Å². The number of nitrogens with one attached hydrogen (secondary N) is 2. The Bertz CT molecular complexity index is 528. The van der Waals surface area contributed by atoms with Gasteiger partial charge < -0.3 is 15.4 Å². The number of hydrogen-bond acceptors (Lipinski definition) is 3. The van der Waals surface area contributed by atoms with Crippen molar-refractivity contribution in [1.29, 1.82) is 0 Å². The predicted octanol–water partition coefficient (Wildman–Crippen LogP) is 3.49. The molecule has 0 bridgehead atoms. The molecule has 0 saturated heterocycles. The fraction of sp³-hybridized carbons (Fsp3) is 0.667. The summed E-state index contributed by atoms with van der Waals surface area (Å²) in [4.78, 5) is 8.99. The number of pyridine rings is 1. The zero-order valence-corrected chi connectivity index (χ0v) is 16.8. The van der Waals surface area contributed by atoms with Crippen molar-refractivity contribution in [3.05, 3.63) is 23.9 Å². The second kappa shape index (κ2) is 10.1. The quantitative estimate of drug-likeness (QED) is 0.384. The first-order valence-electron chi connectivity index (χ1n) is 8.96. The minimum absolute atomic E-state index is 0. The molecule has 0 aromatic carbocycles. The van der Waals surface area contributed by atoms with Crippen LogP contribution >= 0.6 is 24.0 Å². The Morgan fingerprint density at radius 1 is 1.29 bits per heavy atom. The van der Waals surface area contributed by atoms with Crippen molar-refractivity contribution in [2.75, 3.05) is 13.2 Å². The molecule has 0 radical (unpaired) electrons. The maximum absolute atomic E-state index is 5.74. The maximum atomic E-state index is 5.74. The summed E-state index contributed by atoms with van der Waals surface area (Å²) in [6, 6.07) is 4.58. The predicted molar refractivity (Wildman–Crippen MR) is 108 cm³/mol. The third-order valence-corrected chi connectivity index (χ3v) is 4.42. The second-order valence-corrected chi connectivity index (χ2v) is 6.58. The lowest BCUT2D eigenvalue weighted by molar-refractivity contribution is 0.288. The number of aliphatic imine (C=N–C) groups is 1. The van der Waals surface area contributed by atoms with Gasteiger partial charge in [0.1, 0.15) is 0 Å². The van der Waals surface area contributed by atoms with Gasteiger partial charge >= 0.3 is 0 Å². The molecule has 0 amide bonds. The fourth-order valence-corrected chi connectivity index (χ4v) is 2.87. The summed E-state index contributed by atoms with van der Waals surface area (Å²) in [6.07, 6.45) is 9.54.